The number of anilines is 2. The van der Waals surface area contributed by atoms with Gasteiger partial charge < -0.3 is 10.1 Å². The molecule has 0 aliphatic rings. The summed E-state index contributed by atoms with van der Waals surface area (Å²) >= 11 is 0. The number of nitrogens with zero attached hydrogens (tertiary/aromatic N) is 1. The van der Waals surface area contributed by atoms with Crippen LogP contribution in [0.5, 0.6) is 0 Å². The molecule has 0 bridgehead atoms. The number of carbonyl (C=O) groups is 2. The van der Waals surface area contributed by atoms with Crippen LogP contribution in [0.3, 0.4) is 0 Å². The number of aryl methyl sites for hydroxylation is 1. The summed E-state index contributed by atoms with van der Waals surface area (Å²) in [7, 11) is 0. The minimum absolute atomic E-state index is 0.0379. The number of carbonyl (C=O) groups excluding carboxylic acids is 2. The molecular formula is C19H21N3O5. The van der Waals surface area contributed by atoms with E-state index in [9.17, 15) is 19.7 Å². The van der Waals surface area contributed by atoms with Crippen LogP contribution in [0.1, 0.15) is 36.7 Å². The number of hydrogen-bond donors (Lipinski definition) is 2. The lowest BCUT2D eigenvalue weighted by molar-refractivity contribution is -0.385. The third kappa shape index (κ3) is 5.81. The van der Waals surface area contributed by atoms with Gasteiger partial charge in [-0.1, -0.05) is 0 Å². The predicted octanol–water partition coefficient (Wildman–Crippen LogP) is 4.50. The van der Waals surface area contributed by atoms with Crippen molar-refractivity contribution in [3.05, 3.63) is 63.7 Å². The number of nitro groups is 1. The summed E-state index contributed by atoms with van der Waals surface area (Å²) in [5.41, 5.74) is 1.13. The second kappa shape index (κ2) is 7.86. The number of nitro benzene ring substituents is 1. The fourth-order valence-electron chi connectivity index (χ4n) is 2.26. The molecule has 0 spiro atoms. The average molecular weight is 371 g/mol. The Kier molecular flexibility index (Phi) is 5.79. The molecule has 0 atom stereocenters. The molecule has 0 heterocycles. The number of rotatable bonds is 4. The van der Waals surface area contributed by atoms with Gasteiger partial charge in [-0.3, -0.25) is 20.2 Å². The molecule has 0 aromatic heterocycles. The molecule has 8 heteroatoms. The molecule has 0 radical (unpaired) electrons. The van der Waals surface area contributed by atoms with Gasteiger partial charge in [0.2, 0.25) is 0 Å². The van der Waals surface area contributed by atoms with Gasteiger partial charge in [0.15, 0.2) is 0 Å². The molecule has 0 unspecified atom stereocenters. The molecule has 27 heavy (non-hydrogen) atoms. The maximum atomic E-state index is 12.3. The Morgan fingerprint density at radius 2 is 1.56 bits per heavy atom. The summed E-state index contributed by atoms with van der Waals surface area (Å²) in [6.07, 6.45) is -0.569. The Hall–Kier alpha value is -3.42. The van der Waals surface area contributed by atoms with E-state index in [1.54, 1.807) is 52.0 Å². The Labute approximate surface area is 156 Å². The molecule has 0 aliphatic heterocycles. The van der Waals surface area contributed by atoms with E-state index in [2.05, 4.69) is 10.6 Å². The molecule has 2 rings (SSSR count). The first-order valence-electron chi connectivity index (χ1n) is 8.21. The van der Waals surface area contributed by atoms with E-state index in [1.165, 1.54) is 18.2 Å². The molecule has 2 aromatic carbocycles. The minimum atomic E-state index is -0.596. The smallest absolute Gasteiger partial charge is 0.412 e. The molecule has 0 saturated carbocycles. The van der Waals surface area contributed by atoms with Crippen molar-refractivity contribution < 1.29 is 19.2 Å². The van der Waals surface area contributed by atoms with Crippen LogP contribution in [-0.4, -0.2) is 22.5 Å². The summed E-state index contributed by atoms with van der Waals surface area (Å²) in [6.45, 7) is 6.88. The monoisotopic (exact) mass is 371 g/mol. The molecule has 2 N–H and O–H groups in total. The van der Waals surface area contributed by atoms with Gasteiger partial charge in [-0.05, 0) is 64.1 Å². The van der Waals surface area contributed by atoms with E-state index >= 15 is 0 Å². The number of amides is 2. The normalized spacial score (nSPS) is 10.8. The number of ether oxygens (including phenoxy) is 1. The van der Waals surface area contributed by atoms with Gasteiger partial charge in [-0.2, -0.15) is 0 Å². The summed E-state index contributed by atoms with van der Waals surface area (Å²) in [6, 6.07) is 10.7. The van der Waals surface area contributed by atoms with Gasteiger partial charge in [0.1, 0.15) is 5.60 Å². The van der Waals surface area contributed by atoms with Crippen LogP contribution in [0.4, 0.5) is 21.9 Å². The molecule has 8 nitrogen and oxygen atoms in total. The van der Waals surface area contributed by atoms with E-state index in [0.29, 0.717) is 22.5 Å². The summed E-state index contributed by atoms with van der Waals surface area (Å²) < 4.78 is 5.16. The summed E-state index contributed by atoms with van der Waals surface area (Å²) in [5, 5.41) is 16.1. The zero-order valence-electron chi connectivity index (χ0n) is 15.5. The molecule has 0 fully saturated rings. The van der Waals surface area contributed by atoms with Gasteiger partial charge in [0, 0.05) is 28.6 Å². The molecule has 0 saturated heterocycles. The predicted molar refractivity (Wildman–Crippen MR) is 102 cm³/mol. The highest BCUT2D eigenvalue weighted by Crippen LogP contribution is 2.20. The zero-order valence-corrected chi connectivity index (χ0v) is 15.5. The third-order valence-corrected chi connectivity index (χ3v) is 3.44. The number of hydrogen-bond acceptors (Lipinski definition) is 5. The van der Waals surface area contributed by atoms with Crippen LogP contribution >= 0.6 is 0 Å². The van der Waals surface area contributed by atoms with Gasteiger partial charge in [-0.15, -0.1) is 0 Å². The van der Waals surface area contributed by atoms with Crippen molar-refractivity contribution in [1.82, 2.24) is 0 Å². The Balaban J connectivity index is 2.02. The first kappa shape index (κ1) is 19.9. The van der Waals surface area contributed by atoms with Crippen molar-refractivity contribution in [1.29, 1.82) is 0 Å². The standard InChI is InChI=1S/C19H21N3O5/c1-12-11-13(5-10-16(12)22(25)26)17(23)20-14-6-8-15(9-7-14)21-18(24)27-19(2,3)4/h5-11H,1-4H3,(H,20,23)(H,21,24). The molecule has 0 aliphatic carbocycles. The Morgan fingerprint density at radius 3 is 2.04 bits per heavy atom. The summed E-state index contributed by atoms with van der Waals surface area (Å²) in [5.74, 6) is -0.388. The lowest BCUT2D eigenvalue weighted by Gasteiger charge is -2.19. The second-order valence-electron chi connectivity index (χ2n) is 6.92. The molecule has 142 valence electrons. The van der Waals surface area contributed by atoms with Crippen LogP contribution < -0.4 is 10.6 Å². The van der Waals surface area contributed by atoms with Crippen molar-refractivity contribution in [2.24, 2.45) is 0 Å². The van der Waals surface area contributed by atoms with Crippen LogP contribution in [0, 0.1) is 17.0 Å². The first-order chi connectivity index (χ1) is 12.5. The lowest BCUT2D eigenvalue weighted by atomic mass is 10.1. The maximum Gasteiger partial charge on any atom is 0.412 e. The van der Waals surface area contributed by atoms with Crippen LogP contribution in [-0.2, 0) is 4.74 Å². The Bertz CT molecular complexity index is 870. The van der Waals surface area contributed by atoms with Crippen LogP contribution in [0.25, 0.3) is 0 Å². The highest BCUT2D eigenvalue weighted by Gasteiger charge is 2.16. The van der Waals surface area contributed by atoms with Crippen molar-refractivity contribution in [3.8, 4) is 0 Å². The van der Waals surface area contributed by atoms with E-state index in [-0.39, 0.29) is 11.6 Å². The fraction of sp³-hybridized carbons (Fsp3) is 0.263. The molecule has 2 aromatic rings. The highest BCUT2D eigenvalue weighted by molar-refractivity contribution is 6.04. The molecule has 2 amide bonds. The maximum absolute atomic E-state index is 12.3. The largest absolute Gasteiger partial charge is 0.444 e. The van der Waals surface area contributed by atoms with Crippen LogP contribution in [0.15, 0.2) is 42.5 Å². The van der Waals surface area contributed by atoms with Gasteiger partial charge in [0.05, 0.1) is 4.92 Å². The molecular weight excluding hydrogens is 350 g/mol. The van der Waals surface area contributed by atoms with Crippen molar-refractivity contribution in [2.75, 3.05) is 10.6 Å². The van der Waals surface area contributed by atoms with E-state index in [4.69, 9.17) is 4.74 Å². The zero-order chi connectivity index (χ0) is 20.2. The minimum Gasteiger partial charge on any atom is -0.444 e. The summed E-state index contributed by atoms with van der Waals surface area (Å²) in [4.78, 5) is 34.4. The lowest BCUT2D eigenvalue weighted by Crippen LogP contribution is -2.27. The highest BCUT2D eigenvalue weighted by atomic mass is 16.6. The first-order valence-corrected chi connectivity index (χ1v) is 8.21. The van der Waals surface area contributed by atoms with Gasteiger partial charge >= 0.3 is 6.09 Å². The van der Waals surface area contributed by atoms with Crippen LogP contribution in [0.2, 0.25) is 0 Å². The van der Waals surface area contributed by atoms with E-state index in [1.807, 2.05) is 0 Å². The number of benzene rings is 2. The Morgan fingerprint density at radius 1 is 1.00 bits per heavy atom. The van der Waals surface area contributed by atoms with Gasteiger partial charge in [0.25, 0.3) is 11.6 Å². The average Bonchev–Trinajstić information content (AvgIpc) is 2.54. The quantitative estimate of drug-likeness (QED) is 0.607. The van der Waals surface area contributed by atoms with E-state index in [0.717, 1.165) is 0 Å². The fourth-order valence-corrected chi connectivity index (χ4v) is 2.26. The topological polar surface area (TPSA) is 111 Å². The van der Waals surface area contributed by atoms with Gasteiger partial charge in [-0.25, -0.2) is 4.79 Å². The second-order valence-corrected chi connectivity index (χ2v) is 6.92. The number of nitrogens with one attached hydrogen (secondary N) is 2. The van der Waals surface area contributed by atoms with E-state index < -0.39 is 16.6 Å². The van der Waals surface area contributed by atoms with Crippen molar-refractivity contribution >= 4 is 29.1 Å². The third-order valence-electron chi connectivity index (χ3n) is 3.44. The van der Waals surface area contributed by atoms with Crippen molar-refractivity contribution in [2.45, 2.75) is 33.3 Å². The van der Waals surface area contributed by atoms with Crippen molar-refractivity contribution in [3.63, 3.8) is 0 Å². The SMILES string of the molecule is Cc1cc(C(=O)Nc2ccc(NC(=O)OC(C)(C)C)cc2)ccc1[N+](=O)[O-].